The molecular weight excluding hydrogens is 212 g/mol. The molecule has 1 fully saturated rings. The molecular formula is C10H16N2O2S. The van der Waals surface area contributed by atoms with Gasteiger partial charge in [-0.2, -0.15) is 0 Å². The van der Waals surface area contributed by atoms with Crippen molar-refractivity contribution in [3.8, 4) is 0 Å². The minimum Gasteiger partial charge on any atom is -0.461 e. The van der Waals surface area contributed by atoms with Crippen LogP contribution in [0.1, 0.15) is 19.8 Å². The van der Waals surface area contributed by atoms with E-state index in [1.165, 1.54) is 12.8 Å². The summed E-state index contributed by atoms with van der Waals surface area (Å²) in [5, 5.41) is 8.77. The highest BCUT2D eigenvalue weighted by Gasteiger charge is 2.30. The van der Waals surface area contributed by atoms with Crippen LogP contribution in [0.4, 0.5) is 0 Å². The lowest BCUT2D eigenvalue weighted by Gasteiger charge is -2.19. The number of nitrogens with one attached hydrogen (secondary N) is 2. The van der Waals surface area contributed by atoms with Gasteiger partial charge in [-0.05, 0) is 26.3 Å². The molecule has 0 bridgehead atoms. The molecule has 0 saturated carbocycles. The van der Waals surface area contributed by atoms with E-state index in [0.29, 0.717) is 18.3 Å². The molecule has 15 heavy (non-hydrogen) atoms. The van der Waals surface area contributed by atoms with Gasteiger partial charge in [0.15, 0.2) is 0 Å². The molecule has 0 aliphatic carbocycles. The summed E-state index contributed by atoms with van der Waals surface area (Å²) in [6.45, 7) is 3.32. The highest BCUT2D eigenvalue weighted by molar-refractivity contribution is 8.03. The van der Waals surface area contributed by atoms with Crippen LogP contribution in [0.5, 0.6) is 0 Å². The van der Waals surface area contributed by atoms with Crippen LogP contribution in [0.2, 0.25) is 0 Å². The lowest BCUT2D eigenvalue weighted by molar-refractivity contribution is -0.138. The summed E-state index contributed by atoms with van der Waals surface area (Å²) in [6, 6.07) is 0.471. The van der Waals surface area contributed by atoms with Crippen LogP contribution >= 0.6 is 11.8 Å². The van der Waals surface area contributed by atoms with Gasteiger partial charge in [-0.1, -0.05) is 0 Å². The van der Waals surface area contributed by atoms with E-state index in [1.54, 1.807) is 11.8 Å². The number of hydrogen-bond donors (Lipinski definition) is 2. The standard InChI is InChI=1S/C10H16N2O2S/c1-2-14-10(13)8-6-15-9(12-8)7-4-3-5-11-7/h6-7,9,11-12H,2-5H2,1H3/t7-,9+/m1/s1. The normalized spacial score (nSPS) is 29.8. The van der Waals surface area contributed by atoms with Crippen LogP contribution in [0, 0.1) is 0 Å². The first-order valence-corrected chi connectivity index (χ1v) is 6.28. The van der Waals surface area contributed by atoms with Gasteiger partial charge in [-0.25, -0.2) is 4.79 Å². The van der Waals surface area contributed by atoms with Crippen molar-refractivity contribution < 1.29 is 9.53 Å². The second-order valence-electron chi connectivity index (χ2n) is 3.66. The van der Waals surface area contributed by atoms with Crippen molar-refractivity contribution in [3.63, 3.8) is 0 Å². The van der Waals surface area contributed by atoms with Crippen molar-refractivity contribution in [2.75, 3.05) is 13.2 Å². The number of thioether (sulfide) groups is 1. The fourth-order valence-corrected chi connectivity index (χ4v) is 2.91. The number of rotatable bonds is 3. The highest BCUT2D eigenvalue weighted by atomic mass is 32.2. The molecule has 4 nitrogen and oxygen atoms in total. The first kappa shape index (κ1) is 10.8. The number of carbonyl (C=O) groups is 1. The molecule has 2 aliphatic heterocycles. The van der Waals surface area contributed by atoms with E-state index in [-0.39, 0.29) is 11.3 Å². The Bertz CT molecular complexity index is 275. The van der Waals surface area contributed by atoms with Crippen molar-refractivity contribution in [3.05, 3.63) is 11.1 Å². The fraction of sp³-hybridized carbons (Fsp3) is 0.700. The second kappa shape index (κ2) is 4.90. The molecule has 2 N–H and O–H groups in total. The van der Waals surface area contributed by atoms with Gasteiger partial charge in [0, 0.05) is 11.4 Å². The monoisotopic (exact) mass is 228 g/mol. The van der Waals surface area contributed by atoms with Crippen molar-refractivity contribution >= 4 is 17.7 Å². The number of esters is 1. The zero-order chi connectivity index (χ0) is 10.7. The molecule has 84 valence electrons. The lowest BCUT2D eigenvalue weighted by atomic mass is 10.2. The summed E-state index contributed by atoms with van der Waals surface area (Å²) in [5.74, 6) is -0.245. The molecule has 0 unspecified atom stereocenters. The van der Waals surface area contributed by atoms with Crippen LogP contribution in [-0.2, 0) is 9.53 Å². The Morgan fingerprint density at radius 3 is 3.27 bits per heavy atom. The van der Waals surface area contributed by atoms with E-state index in [1.807, 2.05) is 12.3 Å². The predicted octanol–water partition coefficient (Wildman–Crippen LogP) is 0.805. The molecule has 0 aromatic rings. The number of carbonyl (C=O) groups excluding carboxylic acids is 1. The van der Waals surface area contributed by atoms with E-state index in [9.17, 15) is 4.79 Å². The Hall–Kier alpha value is -0.680. The minimum atomic E-state index is -0.245. The third kappa shape index (κ3) is 2.46. The van der Waals surface area contributed by atoms with Gasteiger partial charge in [-0.15, -0.1) is 11.8 Å². The number of ether oxygens (including phenoxy) is 1. The summed E-state index contributed by atoms with van der Waals surface area (Å²) in [4.78, 5) is 11.4. The van der Waals surface area contributed by atoms with Gasteiger partial charge in [0.1, 0.15) is 5.70 Å². The molecule has 0 radical (unpaired) electrons. The summed E-state index contributed by atoms with van der Waals surface area (Å²) < 4.78 is 4.93. The minimum absolute atomic E-state index is 0.245. The smallest absolute Gasteiger partial charge is 0.354 e. The Morgan fingerprint density at radius 2 is 2.60 bits per heavy atom. The molecule has 2 heterocycles. The van der Waals surface area contributed by atoms with Crippen molar-refractivity contribution in [2.45, 2.75) is 31.2 Å². The van der Waals surface area contributed by atoms with E-state index in [2.05, 4.69) is 10.6 Å². The molecule has 0 aromatic carbocycles. The molecule has 0 aromatic heterocycles. The third-order valence-corrected chi connectivity index (χ3v) is 3.70. The second-order valence-corrected chi connectivity index (χ2v) is 4.67. The van der Waals surface area contributed by atoms with Gasteiger partial charge >= 0.3 is 5.97 Å². The topological polar surface area (TPSA) is 50.4 Å². The Morgan fingerprint density at radius 1 is 1.73 bits per heavy atom. The average Bonchev–Trinajstić information content (AvgIpc) is 2.89. The van der Waals surface area contributed by atoms with Crippen molar-refractivity contribution in [1.29, 1.82) is 0 Å². The van der Waals surface area contributed by atoms with E-state index in [4.69, 9.17) is 4.74 Å². The Labute approximate surface area is 93.8 Å². The average molecular weight is 228 g/mol. The summed E-state index contributed by atoms with van der Waals surface area (Å²) in [6.07, 6.45) is 2.40. The summed E-state index contributed by atoms with van der Waals surface area (Å²) in [7, 11) is 0. The summed E-state index contributed by atoms with van der Waals surface area (Å²) in [5.41, 5.74) is 0.598. The van der Waals surface area contributed by atoms with Gasteiger partial charge in [0.05, 0.1) is 12.0 Å². The van der Waals surface area contributed by atoms with Gasteiger partial charge < -0.3 is 15.4 Å². The third-order valence-electron chi connectivity index (χ3n) is 2.59. The quantitative estimate of drug-likeness (QED) is 0.700. The molecule has 0 spiro atoms. The Kier molecular flexibility index (Phi) is 3.53. The van der Waals surface area contributed by atoms with Crippen LogP contribution in [-0.4, -0.2) is 30.5 Å². The Balaban J connectivity index is 1.84. The van der Waals surface area contributed by atoms with Crippen LogP contribution in [0.3, 0.4) is 0 Å². The molecule has 0 amide bonds. The largest absolute Gasteiger partial charge is 0.461 e. The molecule has 2 rings (SSSR count). The highest BCUT2D eigenvalue weighted by Crippen LogP contribution is 2.27. The van der Waals surface area contributed by atoms with Crippen molar-refractivity contribution in [2.24, 2.45) is 0 Å². The number of hydrogen-bond acceptors (Lipinski definition) is 5. The zero-order valence-electron chi connectivity index (χ0n) is 8.79. The molecule has 2 aliphatic rings. The molecule has 1 saturated heterocycles. The van der Waals surface area contributed by atoms with E-state index >= 15 is 0 Å². The van der Waals surface area contributed by atoms with Gasteiger partial charge in [0.2, 0.25) is 0 Å². The first-order valence-electron chi connectivity index (χ1n) is 5.34. The fourth-order valence-electron chi connectivity index (χ4n) is 1.84. The van der Waals surface area contributed by atoms with E-state index < -0.39 is 0 Å². The maximum Gasteiger partial charge on any atom is 0.354 e. The van der Waals surface area contributed by atoms with Gasteiger partial charge in [-0.3, -0.25) is 0 Å². The maximum atomic E-state index is 11.4. The van der Waals surface area contributed by atoms with Crippen LogP contribution < -0.4 is 10.6 Å². The summed E-state index contributed by atoms with van der Waals surface area (Å²) >= 11 is 1.67. The predicted molar refractivity (Wildman–Crippen MR) is 60.3 cm³/mol. The van der Waals surface area contributed by atoms with Crippen molar-refractivity contribution in [1.82, 2.24) is 10.6 Å². The zero-order valence-corrected chi connectivity index (χ0v) is 9.60. The first-order chi connectivity index (χ1) is 7.31. The molecule has 2 atom stereocenters. The maximum absolute atomic E-state index is 11.4. The van der Waals surface area contributed by atoms with Gasteiger partial charge in [0.25, 0.3) is 0 Å². The van der Waals surface area contributed by atoms with E-state index in [0.717, 1.165) is 6.54 Å². The molecule has 5 heteroatoms. The van der Waals surface area contributed by atoms with Crippen LogP contribution in [0.15, 0.2) is 11.1 Å². The van der Waals surface area contributed by atoms with Crippen LogP contribution in [0.25, 0.3) is 0 Å². The lowest BCUT2D eigenvalue weighted by Crippen LogP contribution is -2.40. The SMILES string of the molecule is CCOC(=O)C1=CS[C@@H]([C@H]2CCCN2)N1.